The summed E-state index contributed by atoms with van der Waals surface area (Å²) in [6.07, 6.45) is 1.10. The van der Waals surface area contributed by atoms with Crippen LogP contribution in [0.25, 0.3) is 0 Å². The van der Waals surface area contributed by atoms with Gasteiger partial charge in [-0.3, -0.25) is 4.79 Å². The Morgan fingerprint density at radius 1 is 1.38 bits per heavy atom. The summed E-state index contributed by atoms with van der Waals surface area (Å²) in [5.41, 5.74) is 0. The van der Waals surface area contributed by atoms with E-state index in [1.54, 1.807) is 6.92 Å². The first-order valence-corrected chi connectivity index (χ1v) is 6.35. The van der Waals surface area contributed by atoms with Crippen LogP contribution < -0.4 is 4.74 Å². The van der Waals surface area contributed by atoms with E-state index in [0.29, 0.717) is 26.1 Å². The second kappa shape index (κ2) is 7.49. The minimum Gasteiger partial charge on any atom is -0.492 e. The van der Waals surface area contributed by atoms with Crippen LogP contribution in [-0.2, 0) is 9.53 Å². The lowest BCUT2D eigenvalue weighted by Gasteiger charge is -2.07. The lowest BCUT2D eigenvalue weighted by atomic mass is 10.3. The highest BCUT2D eigenvalue weighted by atomic mass is 127. The standard InChI is InChI=1S/C12H15IO3/c1-2-15-12(14)8-5-9-16-11-7-4-3-6-10(11)13/h3-4,6-7H,2,5,8-9H2,1H3. The second-order valence-electron chi connectivity index (χ2n) is 3.19. The van der Waals surface area contributed by atoms with Crippen LogP contribution in [-0.4, -0.2) is 19.2 Å². The third kappa shape index (κ3) is 4.83. The quantitative estimate of drug-likeness (QED) is 0.456. The number of ether oxygens (including phenoxy) is 2. The van der Waals surface area contributed by atoms with Crippen molar-refractivity contribution < 1.29 is 14.3 Å². The Morgan fingerprint density at radius 2 is 2.12 bits per heavy atom. The number of para-hydroxylation sites is 1. The van der Waals surface area contributed by atoms with E-state index in [4.69, 9.17) is 9.47 Å². The Morgan fingerprint density at radius 3 is 2.81 bits per heavy atom. The molecule has 3 nitrogen and oxygen atoms in total. The van der Waals surface area contributed by atoms with Crippen LogP contribution in [0.15, 0.2) is 24.3 Å². The molecule has 0 saturated heterocycles. The van der Waals surface area contributed by atoms with E-state index < -0.39 is 0 Å². The first-order valence-electron chi connectivity index (χ1n) is 5.27. The summed E-state index contributed by atoms with van der Waals surface area (Å²) in [6, 6.07) is 7.81. The molecule has 0 bridgehead atoms. The van der Waals surface area contributed by atoms with Crippen molar-refractivity contribution in [3.8, 4) is 5.75 Å². The van der Waals surface area contributed by atoms with Gasteiger partial charge in [0.2, 0.25) is 0 Å². The van der Waals surface area contributed by atoms with Crippen molar-refractivity contribution in [2.45, 2.75) is 19.8 Å². The van der Waals surface area contributed by atoms with E-state index >= 15 is 0 Å². The molecule has 0 spiro atoms. The minimum absolute atomic E-state index is 0.158. The number of halogens is 1. The highest BCUT2D eigenvalue weighted by Gasteiger charge is 2.02. The lowest BCUT2D eigenvalue weighted by molar-refractivity contribution is -0.143. The zero-order chi connectivity index (χ0) is 11.8. The number of hydrogen-bond acceptors (Lipinski definition) is 3. The maximum Gasteiger partial charge on any atom is 0.305 e. The fraction of sp³-hybridized carbons (Fsp3) is 0.417. The Bertz CT molecular complexity index is 339. The first-order chi connectivity index (χ1) is 7.74. The molecule has 4 heteroatoms. The third-order valence-electron chi connectivity index (χ3n) is 1.92. The van der Waals surface area contributed by atoms with Gasteiger partial charge in [-0.1, -0.05) is 12.1 Å². The van der Waals surface area contributed by atoms with Crippen LogP contribution in [0.3, 0.4) is 0 Å². The molecule has 1 rings (SSSR count). The molecule has 0 aliphatic rings. The number of carbonyl (C=O) groups excluding carboxylic acids is 1. The van der Waals surface area contributed by atoms with Crippen LogP contribution in [0, 0.1) is 3.57 Å². The highest BCUT2D eigenvalue weighted by molar-refractivity contribution is 14.1. The summed E-state index contributed by atoms with van der Waals surface area (Å²) >= 11 is 2.22. The first kappa shape index (κ1) is 13.3. The van der Waals surface area contributed by atoms with Crippen LogP contribution >= 0.6 is 22.6 Å². The van der Waals surface area contributed by atoms with Gasteiger partial charge in [0.25, 0.3) is 0 Å². The van der Waals surface area contributed by atoms with Crippen molar-refractivity contribution in [1.29, 1.82) is 0 Å². The Kier molecular flexibility index (Phi) is 6.22. The molecule has 0 radical (unpaired) electrons. The molecule has 0 unspecified atom stereocenters. The van der Waals surface area contributed by atoms with E-state index in [0.717, 1.165) is 9.32 Å². The lowest BCUT2D eigenvalue weighted by Crippen LogP contribution is -2.07. The van der Waals surface area contributed by atoms with E-state index in [1.807, 2.05) is 24.3 Å². The van der Waals surface area contributed by atoms with E-state index in [9.17, 15) is 4.79 Å². The predicted octanol–water partition coefficient (Wildman–Crippen LogP) is 3.01. The maximum absolute atomic E-state index is 11.0. The highest BCUT2D eigenvalue weighted by Crippen LogP contribution is 2.19. The molecule has 0 N–H and O–H groups in total. The number of rotatable bonds is 6. The fourth-order valence-electron chi connectivity index (χ4n) is 1.19. The molecule has 16 heavy (non-hydrogen) atoms. The normalized spacial score (nSPS) is 9.88. The van der Waals surface area contributed by atoms with Gasteiger partial charge >= 0.3 is 5.97 Å². The smallest absolute Gasteiger partial charge is 0.305 e. The minimum atomic E-state index is -0.158. The van der Waals surface area contributed by atoms with Crippen molar-refractivity contribution in [2.75, 3.05) is 13.2 Å². The van der Waals surface area contributed by atoms with E-state index in [2.05, 4.69) is 22.6 Å². The molecule has 0 aliphatic carbocycles. The number of esters is 1. The monoisotopic (exact) mass is 334 g/mol. The summed E-state index contributed by atoms with van der Waals surface area (Å²) in [4.78, 5) is 11.0. The van der Waals surface area contributed by atoms with Gasteiger partial charge in [0.15, 0.2) is 0 Å². The van der Waals surface area contributed by atoms with Crippen LogP contribution in [0.2, 0.25) is 0 Å². The fourth-order valence-corrected chi connectivity index (χ4v) is 1.74. The number of hydrogen-bond donors (Lipinski definition) is 0. The van der Waals surface area contributed by atoms with Gasteiger partial charge in [0.1, 0.15) is 5.75 Å². The SMILES string of the molecule is CCOC(=O)CCCOc1ccccc1I. The Balaban J connectivity index is 2.21. The molecule has 1 aromatic carbocycles. The second-order valence-corrected chi connectivity index (χ2v) is 4.35. The molecule has 0 fully saturated rings. The molecule has 0 aromatic heterocycles. The molecule has 0 heterocycles. The van der Waals surface area contributed by atoms with Gasteiger partial charge in [-0.2, -0.15) is 0 Å². The van der Waals surface area contributed by atoms with Crippen LogP contribution in [0.4, 0.5) is 0 Å². The molecule has 0 atom stereocenters. The summed E-state index contributed by atoms with van der Waals surface area (Å²) in [6.45, 7) is 2.79. The topological polar surface area (TPSA) is 35.5 Å². The van der Waals surface area contributed by atoms with Gasteiger partial charge in [0.05, 0.1) is 16.8 Å². The largest absolute Gasteiger partial charge is 0.492 e. The average molecular weight is 334 g/mol. The summed E-state index contributed by atoms with van der Waals surface area (Å²) in [5.74, 6) is 0.709. The van der Waals surface area contributed by atoms with Crippen LogP contribution in [0.5, 0.6) is 5.75 Å². The van der Waals surface area contributed by atoms with Gasteiger partial charge in [-0.05, 0) is 48.1 Å². The average Bonchev–Trinajstić information content (AvgIpc) is 2.27. The summed E-state index contributed by atoms with van der Waals surface area (Å²) < 4.78 is 11.5. The van der Waals surface area contributed by atoms with Gasteiger partial charge in [0, 0.05) is 6.42 Å². The number of carbonyl (C=O) groups is 1. The number of benzene rings is 1. The zero-order valence-corrected chi connectivity index (χ0v) is 11.4. The summed E-state index contributed by atoms with van der Waals surface area (Å²) in [5, 5.41) is 0. The summed E-state index contributed by atoms with van der Waals surface area (Å²) in [7, 11) is 0. The molecule has 1 aromatic rings. The third-order valence-corrected chi connectivity index (χ3v) is 2.82. The molecule has 0 saturated carbocycles. The van der Waals surface area contributed by atoms with E-state index in [-0.39, 0.29) is 5.97 Å². The van der Waals surface area contributed by atoms with Crippen molar-refractivity contribution >= 4 is 28.6 Å². The van der Waals surface area contributed by atoms with Crippen molar-refractivity contribution in [3.63, 3.8) is 0 Å². The molecule has 0 amide bonds. The zero-order valence-electron chi connectivity index (χ0n) is 9.24. The molecular weight excluding hydrogens is 319 g/mol. The Hall–Kier alpha value is -0.780. The van der Waals surface area contributed by atoms with Crippen molar-refractivity contribution in [3.05, 3.63) is 27.8 Å². The van der Waals surface area contributed by atoms with Gasteiger partial charge in [-0.15, -0.1) is 0 Å². The van der Waals surface area contributed by atoms with Crippen LogP contribution in [0.1, 0.15) is 19.8 Å². The maximum atomic E-state index is 11.0. The van der Waals surface area contributed by atoms with Crippen molar-refractivity contribution in [1.82, 2.24) is 0 Å². The molecular formula is C12H15IO3. The van der Waals surface area contributed by atoms with Gasteiger partial charge < -0.3 is 9.47 Å². The van der Waals surface area contributed by atoms with E-state index in [1.165, 1.54) is 0 Å². The van der Waals surface area contributed by atoms with Crippen molar-refractivity contribution in [2.24, 2.45) is 0 Å². The Labute approximate surface area is 109 Å². The predicted molar refractivity (Wildman–Crippen MR) is 70.5 cm³/mol. The molecule has 88 valence electrons. The van der Waals surface area contributed by atoms with Gasteiger partial charge in [-0.25, -0.2) is 0 Å². The molecule has 0 aliphatic heterocycles.